The van der Waals surface area contributed by atoms with Gasteiger partial charge in [0.15, 0.2) is 5.01 Å². The largest absolute Gasteiger partial charge is 0.390 e. The first-order chi connectivity index (χ1) is 7.78. The minimum atomic E-state index is 0.790. The van der Waals surface area contributed by atoms with Crippen LogP contribution in [0.4, 0.5) is 5.00 Å². The molecule has 0 saturated heterocycles. The lowest BCUT2D eigenvalue weighted by Gasteiger charge is -1.90. The molecule has 0 fully saturated rings. The summed E-state index contributed by atoms with van der Waals surface area (Å²) < 4.78 is 1.67. The second-order valence-corrected chi connectivity index (χ2v) is 5.43. The van der Waals surface area contributed by atoms with Crippen molar-refractivity contribution in [2.45, 2.75) is 13.3 Å². The van der Waals surface area contributed by atoms with Gasteiger partial charge in [0, 0.05) is 10.4 Å². The molecule has 0 aromatic carbocycles. The average Bonchev–Trinajstić information content (AvgIpc) is 2.89. The van der Waals surface area contributed by atoms with E-state index >= 15 is 0 Å². The molecule has 0 aliphatic heterocycles. The molecule has 3 aromatic heterocycles. The number of aryl methyl sites for hydroxylation is 1. The number of hydrogen-bond donors (Lipinski definition) is 1. The van der Waals surface area contributed by atoms with Crippen molar-refractivity contribution in [2.24, 2.45) is 0 Å². The monoisotopic (exact) mass is 251 g/mol. The number of hydrogen-bond acceptors (Lipinski definition) is 6. The predicted molar refractivity (Wildman–Crippen MR) is 65.8 cm³/mol. The first-order valence-corrected chi connectivity index (χ1v) is 6.46. The molecule has 0 atom stereocenters. The van der Waals surface area contributed by atoms with Gasteiger partial charge >= 0.3 is 0 Å². The van der Waals surface area contributed by atoms with Gasteiger partial charge in [-0.25, -0.2) is 0 Å². The second kappa shape index (κ2) is 3.53. The highest BCUT2D eigenvalue weighted by molar-refractivity contribution is 7.21. The molecule has 0 radical (unpaired) electrons. The number of nitrogen functional groups attached to an aromatic ring is 1. The number of anilines is 1. The van der Waals surface area contributed by atoms with Gasteiger partial charge in [0.25, 0.3) is 0 Å². The molecule has 0 unspecified atom stereocenters. The molecular weight excluding hydrogens is 242 g/mol. The second-order valence-electron chi connectivity index (χ2n) is 3.31. The Morgan fingerprint density at radius 2 is 2.31 bits per heavy atom. The van der Waals surface area contributed by atoms with Crippen LogP contribution in [-0.2, 0) is 6.42 Å². The molecule has 0 bridgehead atoms. The Balaban J connectivity index is 2.14. The lowest BCUT2D eigenvalue weighted by atomic mass is 10.3. The Hall–Kier alpha value is -1.47. The minimum Gasteiger partial charge on any atom is -0.390 e. The molecule has 5 nitrogen and oxygen atoms in total. The Kier molecular flexibility index (Phi) is 2.15. The smallest absolute Gasteiger partial charge is 0.234 e. The molecule has 3 heterocycles. The van der Waals surface area contributed by atoms with Crippen LogP contribution in [0.15, 0.2) is 12.4 Å². The molecule has 0 aliphatic carbocycles. The van der Waals surface area contributed by atoms with Crippen molar-refractivity contribution in [3.8, 4) is 10.6 Å². The summed E-state index contributed by atoms with van der Waals surface area (Å²) in [6.45, 7) is 2.12. The van der Waals surface area contributed by atoms with Crippen molar-refractivity contribution in [3.63, 3.8) is 0 Å². The van der Waals surface area contributed by atoms with Crippen LogP contribution in [-0.4, -0.2) is 19.8 Å². The normalized spacial score (nSPS) is 11.3. The van der Waals surface area contributed by atoms with Gasteiger partial charge in [-0.2, -0.15) is 9.61 Å². The third-order valence-corrected chi connectivity index (χ3v) is 4.33. The van der Waals surface area contributed by atoms with Gasteiger partial charge in [0.05, 0.1) is 5.00 Å². The standard InChI is InChI=1S/C9H9N5S2/c1-2-5-3-6(7(10)15-5)8-13-14-4-11-12-9(14)16-8/h3-4H,2,10H2,1H3. The highest BCUT2D eigenvalue weighted by Gasteiger charge is 2.13. The van der Waals surface area contributed by atoms with E-state index < -0.39 is 0 Å². The molecule has 7 heteroatoms. The van der Waals surface area contributed by atoms with Crippen LogP contribution in [0.3, 0.4) is 0 Å². The zero-order chi connectivity index (χ0) is 11.1. The maximum absolute atomic E-state index is 5.98. The van der Waals surface area contributed by atoms with Crippen LogP contribution in [0, 0.1) is 0 Å². The topological polar surface area (TPSA) is 69.1 Å². The van der Waals surface area contributed by atoms with E-state index in [1.54, 1.807) is 22.2 Å². The molecule has 3 rings (SSSR count). The van der Waals surface area contributed by atoms with Crippen molar-refractivity contribution >= 4 is 32.6 Å². The maximum atomic E-state index is 5.98. The summed E-state index contributed by atoms with van der Waals surface area (Å²) in [7, 11) is 0. The minimum absolute atomic E-state index is 0.790. The lowest BCUT2D eigenvalue weighted by molar-refractivity contribution is 0.960. The number of fused-ring (bicyclic) bond motifs is 1. The van der Waals surface area contributed by atoms with Crippen LogP contribution < -0.4 is 5.73 Å². The summed E-state index contributed by atoms with van der Waals surface area (Å²) in [6.07, 6.45) is 2.59. The first kappa shape index (κ1) is 9.73. The molecule has 0 saturated carbocycles. The zero-order valence-electron chi connectivity index (χ0n) is 8.54. The summed E-state index contributed by atoms with van der Waals surface area (Å²) in [5.74, 6) is 0. The third-order valence-electron chi connectivity index (χ3n) is 2.28. The molecule has 0 aliphatic rings. The Bertz CT molecular complexity index is 607. The van der Waals surface area contributed by atoms with E-state index in [-0.39, 0.29) is 0 Å². The van der Waals surface area contributed by atoms with Crippen molar-refractivity contribution in [2.75, 3.05) is 5.73 Å². The predicted octanol–water partition coefficient (Wildman–Crippen LogP) is 2.06. The quantitative estimate of drug-likeness (QED) is 0.757. The van der Waals surface area contributed by atoms with Crippen LogP contribution in [0.5, 0.6) is 0 Å². The highest BCUT2D eigenvalue weighted by atomic mass is 32.1. The van der Waals surface area contributed by atoms with E-state index in [9.17, 15) is 0 Å². The first-order valence-electron chi connectivity index (χ1n) is 4.83. The number of nitrogens with two attached hydrogens (primary N) is 1. The average molecular weight is 251 g/mol. The van der Waals surface area contributed by atoms with E-state index in [4.69, 9.17) is 5.73 Å². The summed E-state index contributed by atoms with van der Waals surface area (Å²) >= 11 is 3.12. The molecule has 16 heavy (non-hydrogen) atoms. The van der Waals surface area contributed by atoms with Gasteiger partial charge in [-0.05, 0) is 12.5 Å². The van der Waals surface area contributed by atoms with Gasteiger partial charge < -0.3 is 5.73 Å². The Morgan fingerprint density at radius 1 is 1.44 bits per heavy atom. The third kappa shape index (κ3) is 1.40. The lowest BCUT2D eigenvalue weighted by Crippen LogP contribution is -1.85. The van der Waals surface area contributed by atoms with Crippen molar-refractivity contribution in [3.05, 3.63) is 17.3 Å². The van der Waals surface area contributed by atoms with Crippen molar-refractivity contribution < 1.29 is 0 Å². The fourth-order valence-corrected chi connectivity index (χ4v) is 3.25. The van der Waals surface area contributed by atoms with Gasteiger partial charge in [-0.15, -0.1) is 21.5 Å². The Labute approximate surface area is 99.6 Å². The SMILES string of the molecule is CCc1cc(-c2nn3cnnc3s2)c(N)s1. The van der Waals surface area contributed by atoms with Crippen molar-refractivity contribution in [1.29, 1.82) is 0 Å². The van der Waals surface area contributed by atoms with Gasteiger partial charge in [-0.3, -0.25) is 0 Å². The van der Waals surface area contributed by atoms with E-state index in [2.05, 4.69) is 28.3 Å². The highest BCUT2D eigenvalue weighted by Crippen LogP contribution is 2.35. The number of thiophene rings is 1. The fourth-order valence-electron chi connectivity index (χ4n) is 1.47. The van der Waals surface area contributed by atoms with Crippen LogP contribution in [0.2, 0.25) is 0 Å². The van der Waals surface area contributed by atoms with Crippen LogP contribution in [0.25, 0.3) is 15.5 Å². The zero-order valence-corrected chi connectivity index (χ0v) is 10.2. The summed E-state index contributed by atoms with van der Waals surface area (Å²) in [5, 5.41) is 13.8. The summed E-state index contributed by atoms with van der Waals surface area (Å²) in [4.78, 5) is 2.07. The van der Waals surface area contributed by atoms with Gasteiger partial charge in [0.1, 0.15) is 6.33 Å². The van der Waals surface area contributed by atoms with Crippen LogP contribution >= 0.6 is 22.7 Å². The number of aromatic nitrogens is 4. The molecule has 0 amide bonds. The van der Waals surface area contributed by atoms with E-state index in [0.29, 0.717) is 0 Å². The van der Waals surface area contributed by atoms with E-state index in [0.717, 1.165) is 27.0 Å². The van der Waals surface area contributed by atoms with Gasteiger partial charge in [0.2, 0.25) is 4.96 Å². The van der Waals surface area contributed by atoms with Crippen molar-refractivity contribution in [1.82, 2.24) is 19.8 Å². The summed E-state index contributed by atoms with van der Waals surface area (Å²) in [6, 6.07) is 2.10. The number of nitrogens with zero attached hydrogens (tertiary/aromatic N) is 4. The van der Waals surface area contributed by atoms with E-state index in [1.165, 1.54) is 16.2 Å². The van der Waals surface area contributed by atoms with Crippen LogP contribution in [0.1, 0.15) is 11.8 Å². The number of rotatable bonds is 2. The fraction of sp³-hybridized carbons (Fsp3) is 0.222. The Morgan fingerprint density at radius 3 is 3.00 bits per heavy atom. The molecule has 82 valence electrons. The molecule has 3 aromatic rings. The van der Waals surface area contributed by atoms with Gasteiger partial charge in [-0.1, -0.05) is 18.3 Å². The molecule has 2 N–H and O–H groups in total. The molecule has 0 spiro atoms. The van der Waals surface area contributed by atoms with E-state index in [1.807, 2.05) is 0 Å². The maximum Gasteiger partial charge on any atom is 0.234 e. The summed E-state index contributed by atoms with van der Waals surface area (Å²) in [5.41, 5.74) is 6.99. The molecular formula is C9H9N5S2.